The van der Waals surface area contributed by atoms with Gasteiger partial charge in [-0.15, -0.1) is 0 Å². The summed E-state index contributed by atoms with van der Waals surface area (Å²) in [6, 6.07) is 2.68. The van der Waals surface area contributed by atoms with E-state index < -0.39 is 5.95 Å². The van der Waals surface area contributed by atoms with E-state index in [-0.39, 0.29) is 11.9 Å². The molecular formula is C21H30FNO2. The lowest BCUT2D eigenvalue weighted by Gasteiger charge is -2.37. The number of rotatable bonds is 5. The van der Waals surface area contributed by atoms with Crippen molar-refractivity contribution in [3.63, 3.8) is 0 Å². The fourth-order valence-corrected chi connectivity index (χ4v) is 4.80. The second kappa shape index (κ2) is 8.77. The van der Waals surface area contributed by atoms with Crippen molar-refractivity contribution in [2.24, 2.45) is 23.7 Å². The number of aromatic nitrogens is 1. The molecule has 0 radical (unpaired) electrons. The zero-order valence-corrected chi connectivity index (χ0v) is 15.3. The highest BCUT2D eigenvalue weighted by atomic mass is 19.1. The first-order valence-corrected chi connectivity index (χ1v) is 9.99. The number of hydrogen-bond acceptors (Lipinski definition) is 3. The average Bonchev–Trinajstić information content (AvgIpc) is 2.65. The minimum absolute atomic E-state index is 0.0160. The minimum atomic E-state index is -0.561. The molecule has 0 atom stereocenters. The summed E-state index contributed by atoms with van der Waals surface area (Å²) in [4.78, 5) is 15.8. The van der Waals surface area contributed by atoms with Gasteiger partial charge in [-0.05, 0) is 68.4 Å². The Morgan fingerprint density at radius 3 is 2.28 bits per heavy atom. The molecule has 0 unspecified atom stereocenters. The van der Waals surface area contributed by atoms with Gasteiger partial charge in [0.2, 0.25) is 5.95 Å². The van der Waals surface area contributed by atoms with Gasteiger partial charge in [0.25, 0.3) is 0 Å². The van der Waals surface area contributed by atoms with Gasteiger partial charge in [0.05, 0.1) is 12.1 Å². The molecule has 1 aromatic rings. The topological polar surface area (TPSA) is 39.2 Å². The van der Waals surface area contributed by atoms with Crippen molar-refractivity contribution in [3.05, 3.63) is 24.3 Å². The van der Waals surface area contributed by atoms with Crippen LogP contribution >= 0.6 is 0 Å². The molecule has 25 heavy (non-hydrogen) atoms. The number of nitrogens with zero attached hydrogens (tertiary/aromatic N) is 1. The summed E-state index contributed by atoms with van der Waals surface area (Å²) in [7, 11) is 0. The first kappa shape index (κ1) is 18.3. The van der Waals surface area contributed by atoms with Crippen molar-refractivity contribution < 1.29 is 13.9 Å². The third kappa shape index (κ3) is 5.02. The SMILES string of the molecule is CCC[C@H]1CC[C@H]([C@H]2CC[C@H](C(=O)Oc3ccc(F)nc3)CC2)CC1. The Balaban J connectivity index is 1.42. The van der Waals surface area contributed by atoms with Gasteiger partial charge in [0.1, 0.15) is 5.75 Å². The summed E-state index contributed by atoms with van der Waals surface area (Å²) in [6.07, 6.45) is 13.7. The quantitative estimate of drug-likeness (QED) is 0.518. The van der Waals surface area contributed by atoms with Crippen LogP contribution in [0, 0.1) is 29.6 Å². The molecular weight excluding hydrogens is 317 g/mol. The van der Waals surface area contributed by atoms with E-state index in [0.29, 0.717) is 5.75 Å². The van der Waals surface area contributed by atoms with Crippen molar-refractivity contribution in [1.82, 2.24) is 4.98 Å². The molecule has 0 aromatic carbocycles. The number of carbonyl (C=O) groups is 1. The largest absolute Gasteiger partial charge is 0.425 e. The van der Waals surface area contributed by atoms with Crippen LogP contribution in [0.2, 0.25) is 0 Å². The van der Waals surface area contributed by atoms with Crippen LogP contribution in [-0.4, -0.2) is 11.0 Å². The van der Waals surface area contributed by atoms with Crippen LogP contribution in [0.3, 0.4) is 0 Å². The predicted molar refractivity (Wildman–Crippen MR) is 95.6 cm³/mol. The van der Waals surface area contributed by atoms with Crippen LogP contribution in [0.1, 0.15) is 71.1 Å². The molecule has 0 amide bonds. The molecule has 3 rings (SSSR count). The van der Waals surface area contributed by atoms with Crippen molar-refractivity contribution >= 4 is 5.97 Å². The molecule has 2 fully saturated rings. The zero-order valence-electron chi connectivity index (χ0n) is 15.3. The third-order valence-electron chi connectivity index (χ3n) is 6.28. The molecule has 4 heteroatoms. The van der Waals surface area contributed by atoms with Gasteiger partial charge in [-0.3, -0.25) is 4.79 Å². The smallest absolute Gasteiger partial charge is 0.314 e. The molecule has 0 bridgehead atoms. The van der Waals surface area contributed by atoms with E-state index >= 15 is 0 Å². The Labute approximate surface area is 150 Å². The standard InChI is InChI=1S/C21H30FNO2/c1-2-3-15-4-6-16(7-5-15)17-8-10-18(11-9-17)21(24)25-19-12-13-20(22)23-14-19/h12-18H,2-11H2,1H3/t15-,16-,17-,18-. The Hall–Kier alpha value is -1.45. The molecule has 1 heterocycles. The fourth-order valence-electron chi connectivity index (χ4n) is 4.80. The van der Waals surface area contributed by atoms with E-state index in [1.54, 1.807) is 0 Å². The highest BCUT2D eigenvalue weighted by Crippen LogP contribution is 2.42. The van der Waals surface area contributed by atoms with Gasteiger partial charge in [0.15, 0.2) is 0 Å². The Kier molecular flexibility index (Phi) is 6.44. The number of hydrogen-bond donors (Lipinski definition) is 0. The maximum Gasteiger partial charge on any atom is 0.314 e. The minimum Gasteiger partial charge on any atom is -0.425 e. The van der Waals surface area contributed by atoms with Crippen molar-refractivity contribution in [1.29, 1.82) is 0 Å². The van der Waals surface area contributed by atoms with Crippen LogP contribution in [0.5, 0.6) is 5.75 Å². The molecule has 0 aliphatic heterocycles. The summed E-state index contributed by atoms with van der Waals surface area (Å²) >= 11 is 0. The Morgan fingerprint density at radius 2 is 1.72 bits per heavy atom. The van der Waals surface area contributed by atoms with E-state index in [1.165, 1.54) is 56.9 Å². The van der Waals surface area contributed by atoms with Crippen molar-refractivity contribution in [3.8, 4) is 5.75 Å². The lowest BCUT2D eigenvalue weighted by atomic mass is 9.69. The molecule has 1 aromatic heterocycles. The van der Waals surface area contributed by atoms with Gasteiger partial charge in [0, 0.05) is 0 Å². The summed E-state index contributed by atoms with van der Waals surface area (Å²) in [5, 5.41) is 0. The predicted octanol–water partition coefficient (Wildman–Crippen LogP) is 5.54. The highest BCUT2D eigenvalue weighted by molar-refractivity contribution is 5.75. The number of halogens is 1. The Bertz CT molecular complexity index is 544. The number of pyridine rings is 1. The summed E-state index contributed by atoms with van der Waals surface area (Å²) < 4.78 is 18.2. The monoisotopic (exact) mass is 347 g/mol. The number of carbonyl (C=O) groups excluding carboxylic acids is 1. The third-order valence-corrected chi connectivity index (χ3v) is 6.28. The van der Waals surface area contributed by atoms with E-state index in [1.807, 2.05) is 0 Å². The van der Waals surface area contributed by atoms with Crippen molar-refractivity contribution in [2.75, 3.05) is 0 Å². The normalized spacial score (nSPS) is 30.0. The van der Waals surface area contributed by atoms with Crippen LogP contribution in [0.25, 0.3) is 0 Å². The van der Waals surface area contributed by atoms with Crippen LogP contribution < -0.4 is 4.74 Å². The number of ether oxygens (including phenoxy) is 1. The summed E-state index contributed by atoms with van der Waals surface area (Å²) in [5.41, 5.74) is 0. The molecule has 3 nitrogen and oxygen atoms in total. The summed E-state index contributed by atoms with van der Waals surface area (Å²) in [6.45, 7) is 2.29. The van der Waals surface area contributed by atoms with E-state index in [9.17, 15) is 9.18 Å². The fraction of sp³-hybridized carbons (Fsp3) is 0.714. The molecule has 0 N–H and O–H groups in total. The van der Waals surface area contributed by atoms with Gasteiger partial charge >= 0.3 is 5.97 Å². The van der Waals surface area contributed by atoms with Crippen LogP contribution in [-0.2, 0) is 4.79 Å². The average molecular weight is 347 g/mol. The molecule has 2 aliphatic carbocycles. The maximum absolute atomic E-state index is 12.8. The lowest BCUT2D eigenvalue weighted by Crippen LogP contribution is -2.30. The van der Waals surface area contributed by atoms with E-state index in [2.05, 4.69) is 11.9 Å². The first-order valence-electron chi connectivity index (χ1n) is 9.99. The highest BCUT2D eigenvalue weighted by Gasteiger charge is 2.33. The zero-order chi connectivity index (χ0) is 17.6. The Morgan fingerprint density at radius 1 is 1.08 bits per heavy atom. The molecule has 138 valence electrons. The molecule has 0 saturated heterocycles. The summed E-state index contributed by atoms with van der Waals surface area (Å²) in [5.74, 6) is 2.19. The maximum atomic E-state index is 12.8. The number of esters is 1. The molecule has 2 saturated carbocycles. The van der Waals surface area contributed by atoms with Gasteiger partial charge in [-0.1, -0.05) is 32.6 Å². The first-order chi connectivity index (χ1) is 12.2. The lowest BCUT2D eigenvalue weighted by molar-refractivity contribution is -0.140. The second-order valence-corrected chi connectivity index (χ2v) is 7.92. The molecule has 2 aliphatic rings. The van der Waals surface area contributed by atoms with Gasteiger partial charge in [-0.2, -0.15) is 4.39 Å². The van der Waals surface area contributed by atoms with E-state index in [4.69, 9.17) is 4.74 Å². The van der Waals surface area contributed by atoms with Crippen LogP contribution in [0.4, 0.5) is 4.39 Å². The van der Waals surface area contributed by atoms with Gasteiger partial charge < -0.3 is 4.74 Å². The van der Waals surface area contributed by atoms with Crippen molar-refractivity contribution in [2.45, 2.75) is 71.1 Å². The van der Waals surface area contributed by atoms with Gasteiger partial charge in [-0.25, -0.2) is 4.98 Å². The van der Waals surface area contributed by atoms with E-state index in [0.717, 1.165) is 43.4 Å². The van der Waals surface area contributed by atoms with Crippen LogP contribution in [0.15, 0.2) is 18.3 Å². The second-order valence-electron chi connectivity index (χ2n) is 7.92. The molecule has 0 spiro atoms.